The van der Waals surface area contributed by atoms with E-state index in [0.29, 0.717) is 42.8 Å². The highest BCUT2D eigenvalue weighted by atomic mass is 35.5. The van der Waals surface area contributed by atoms with Gasteiger partial charge in [-0.1, -0.05) is 11.6 Å². The van der Waals surface area contributed by atoms with Gasteiger partial charge < -0.3 is 19.5 Å². The number of aromatic carboxylic acids is 1. The Hall–Kier alpha value is -2.90. The number of carbonyl (C=O) groups excluding carboxylic acids is 1. The summed E-state index contributed by atoms with van der Waals surface area (Å²) in [5, 5.41) is 9.41. The molecule has 1 fully saturated rings. The maximum Gasteiger partial charge on any atom is 0.335 e. The maximum absolute atomic E-state index is 12.1. The van der Waals surface area contributed by atoms with Crippen molar-refractivity contribution in [2.75, 3.05) is 32.9 Å². The number of hydrogen-bond acceptors (Lipinski definition) is 5. The van der Waals surface area contributed by atoms with E-state index in [1.54, 1.807) is 35.4 Å². The number of halogens is 1. The maximum atomic E-state index is 12.1. The number of nitrogens with zero attached hydrogens (tertiary/aromatic N) is 2. The zero-order valence-corrected chi connectivity index (χ0v) is 15.8. The smallest absolute Gasteiger partial charge is 0.335 e. The Kier molecular flexibility index (Phi) is 6.62. The van der Waals surface area contributed by atoms with Crippen LogP contribution in [-0.4, -0.2) is 61.0 Å². The van der Waals surface area contributed by atoms with Crippen LogP contribution in [0.1, 0.15) is 15.9 Å². The minimum atomic E-state index is -1.04. The standard InChI is InChI=1S/C20H19ClN2O5/c21-17-6-3-15(20(25)26)11-18(17)22-12-14-1-4-16(5-2-14)28-13-19(24)23-7-9-27-10-8-23/h1-6,11-12H,7-10,13H2,(H,25,26). The van der Waals surface area contributed by atoms with Crippen molar-refractivity contribution in [3.05, 3.63) is 58.6 Å². The Bertz CT molecular complexity index is 877. The summed E-state index contributed by atoms with van der Waals surface area (Å²) >= 11 is 6.06. The largest absolute Gasteiger partial charge is 0.484 e. The summed E-state index contributed by atoms with van der Waals surface area (Å²) in [5.74, 6) is -0.534. The zero-order valence-electron chi connectivity index (χ0n) is 15.0. The van der Waals surface area contributed by atoms with Crippen LogP contribution < -0.4 is 4.74 Å². The predicted molar refractivity (Wildman–Crippen MR) is 105 cm³/mol. The molecular weight excluding hydrogens is 384 g/mol. The average molecular weight is 403 g/mol. The van der Waals surface area contributed by atoms with Crippen LogP contribution in [-0.2, 0) is 9.53 Å². The molecule has 0 unspecified atom stereocenters. The van der Waals surface area contributed by atoms with Crippen molar-refractivity contribution in [3.8, 4) is 5.75 Å². The fourth-order valence-electron chi connectivity index (χ4n) is 2.59. The van der Waals surface area contributed by atoms with E-state index in [4.69, 9.17) is 26.2 Å². The highest BCUT2D eigenvalue weighted by molar-refractivity contribution is 6.33. The first-order valence-electron chi connectivity index (χ1n) is 8.68. The molecule has 2 aromatic rings. The summed E-state index contributed by atoms with van der Waals surface area (Å²) in [6.07, 6.45) is 1.58. The number of carbonyl (C=O) groups is 2. The van der Waals surface area contributed by atoms with E-state index in [2.05, 4.69) is 4.99 Å². The van der Waals surface area contributed by atoms with Crippen molar-refractivity contribution in [1.29, 1.82) is 0 Å². The summed E-state index contributed by atoms with van der Waals surface area (Å²) in [4.78, 5) is 29.1. The van der Waals surface area contributed by atoms with E-state index in [1.165, 1.54) is 18.2 Å². The number of amides is 1. The molecule has 1 aliphatic rings. The molecule has 28 heavy (non-hydrogen) atoms. The molecule has 1 amide bonds. The molecule has 0 aliphatic carbocycles. The van der Waals surface area contributed by atoms with E-state index < -0.39 is 5.97 Å². The van der Waals surface area contributed by atoms with Gasteiger partial charge in [-0.2, -0.15) is 0 Å². The molecule has 0 spiro atoms. The Balaban J connectivity index is 1.58. The van der Waals surface area contributed by atoms with E-state index in [9.17, 15) is 9.59 Å². The molecular formula is C20H19ClN2O5. The average Bonchev–Trinajstić information content (AvgIpc) is 2.72. The minimum absolute atomic E-state index is 0.0228. The molecule has 3 rings (SSSR count). The lowest BCUT2D eigenvalue weighted by molar-refractivity contribution is -0.137. The molecule has 0 bridgehead atoms. The van der Waals surface area contributed by atoms with E-state index in [-0.39, 0.29) is 18.1 Å². The van der Waals surface area contributed by atoms with Crippen LogP contribution >= 0.6 is 11.6 Å². The van der Waals surface area contributed by atoms with Gasteiger partial charge in [0, 0.05) is 19.3 Å². The number of rotatable bonds is 6. The van der Waals surface area contributed by atoms with Gasteiger partial charge in [0.05, 0.1) is 29.5 Å². The molecule has 0 saturated carbocycles. The van der Waals surface area contributed by atoms with Gasteiger partial charge in [-0.25, -0.2) is 4.79 Å². The van der Waals surface area contributed by atoms with Crippen LogP contribution in [0.3, 0.4) is 0 Å². The SMILES string of the molecule is O=C(O)c1ccc(Cl)c(N=Cc2ccc(OCC(=O)N3CCOCC3)cc2)c1. The van der Waals surface area contributed by atoms with Crippen molar-refractivity contribution in [2.45, 2.75) is 0 Å². The molecule has 1 N–H and O–H groups in total. The number of benzene rings is 2. The zero-order chi connectivity index (χ0) is 19.9. The molecule has 8 heteroatoms. The lowest BCUT2D eigenvalue weighted by Crippen LogP contribution is -2.42. The van der Waals surface area contributed by atoms with Crippen molar-refractivity contribution in [3.63, 3.8) is 0 Å². The van der Waals surface area contributed by atoms with Crippen molar-refractivity contribution >= 4 is 35.4 Å². The minimum Gasteiger partial charge on any atom is -0.484 e. The van der Waals surface area contributed by atoms with Crippen LogP contribution in [0.5, 0.6) is 5.75 Å². The molecule has 146 valence electrons. The Labute approximate surface area is 167 Å². The van der Waals surface area contributed by atoms with E-state index in [1.807, 2.05) is 0 Å². The van der Waals surface area contributed by atoms with Gasteiger partial charge in [0.25, 0.3) is 5.91 Å². The van der Waals surface area contributed by atoms with E-state index in [0.717, 1.165) is 5.56 Å². The molecule has 2 aromatic carbocycles. The van der Waals surface area contributed by atoms with Gasteiger partial charge in [0.2, 0.25) is 0 Å². The summed E-state index contributed by atoms with van der Waals surface area (Å²) in [5.41, 5.74) is 1.27. The molecule has 1 saturated heterocycles. The van der Waals surface area contributed by atoms with Gasteiger partial charge >= 0.3 is 5.97 Å². The van der Waals surface area contributed by atoms with Gasteiger partial charge in [0.15, 0.2) is 6.61 Å². The van der Waals surface area contributed by atoms with Crippen molar-refractivity contribution < 1.29 is 24.2 Å². The molecule has 1 heterocycles. The third-order valence-electron chi connectivity index (χ3n) is 4.15. The van der Waals surface area contributed by atoms with Crippen molar-refractivity contribution in [2.24, 2.45) is 4.99 Å². The first kappa shape index (κ1) is 19.9. The van der Waals surface area contributed by atoms with Crippen LogP contribution in [0.25, 0.3) is 0 Å². The van der Waals surface area contributed by atoms with Gasteiger partial charge in [-0.05, 0) is 48.0 Å². The molecule has 0 radical (unpaired) electrons. The lowest BCUT2D eigenvalue weighted by Gasteiger charge is -2.26. The Morgan fingerprint density at radius 3 is 2.57 bits per heavy atom. The molecule has 0 aromatic heterocycles. The monoisotopic (exact) mass is 402 g/mol. The normalized spacial score (nSPS) is 14.2. The van der Waals surface area contributed by atoms with Gasteiger partial charge in [-0.3, -0.25) is 9.79 Å². The summed E-state index contributed by atoms with van der Waals surface area (Å²) in [6.45, 7) is 2.26. The molecule has 7 nitrogen and oxygen atoms in total. The lowest BCUT2D eigenvalue weighted by atomic mass is 10.2. The third kappa shape index (κ3) is 5.31. The van der Waals surface area contributed by atoms with Gasteiger partial charge in [-0.15, -0.1) is 0 Å². The second-order valence-corrected chi connectivity index (χ2v) is 6.49. The van der Waals surface area contributed by atoms with Crippen LogP contribution in [0.15, 0.2) is 47.5 Å². The fraction of sp³-hybridized carbons (Fsp3) is 0.250. The predicted octanol–water partition coefficient (Wildman–Crippen LogP) is 3.03. The summed E-state index contributed by atoms with van der Waals surface area (Å²) < 4.78 is 10.8. The Morgan fingerprint density at radius 2 is 1.89 bits per heavy atom. The highest BCUT2D eigenvalue weighted by Crippen LogP contribution is 2.26. The number of morpholine rings is 1. The molecule has 1 aliphatic heterocycles. The highest BCUT2D eigenvalue weighted by Gasteiger charge is 2.17. The second kappa shape index (κ2) is 9.34. The number of ether oxygens (including phenoxy) is 2. The number of carboxylic acid groups (broad SMARTS) is 1. The number of carboxylic acids is 1. The fourth-order valence-corrected chi connectivity index (χ4v) is 2.75. The first-order chi connectivity index (χ1) is 13.5. The summed E-state index contributed by atoms with van der Waals surface area (Å²) in [7, 11) is 0. The van der Waals surface area contributed by atoms with Crippen LogP contribution in [0.4, 0.5) is 5.69 Å². The van der Waals surface area contributed by atoms with Crippen LogP contribution in [0, 0.1) is 0 Å². The van der Waals surface area contributed by atoms with Crippen molar-refractivity contribution in [1.82, 2.24) is 4.90 Å². The molecule has 0 atom stereocenters. The van der Waals surface area contributed by atoms with E-state index >= 15 is 0 Å². The second-order valence-electron chi connectivity index (χ2n) is 6.08. The van der Waals surface area contributed by atoms with Crippen LogP contribution in [0.2, 0.25) is 5.02 Å². The number of aliphatic imine (C=N–C) groups is 1. The third-order valence-corrected chi connectivity index (χ3v) is 4.47. The van der Waals surface area contributed by atoms with Gasteiger partial charge in [0.1, 0.15) is 5.75 Å². The topological polar surface area (TPSA) is 88.4 Å². The number of hydrogen-bond donors (Lipinski definition) is 1. The quantitative estimate of drug-likeness (QED) is 0.750. The Morgan fingerprint density at radius 1 is 1.18 bits per heavy atom. The first-order valence-corrected chi connectivity index (χ1v) is 9.06. The summed E-state index contributed by atoms with van der Waals surface area (Å²) in [6, 6.07) is 11.4.